The predicted molar refractivity (Wildman–Crippen MR) is 126 cm³/mol. The molecule has 0 aromatic heterocycles. The molecule has 2 aromatic rings. The number of rotatable bonds is 5. The molecule has 7 nitrogen and oxygen atoms in total. The van der Waals surface area contributed by atoms with E-state index in [1.165, 1.54) is 5.56 Å². The lowest BCUT2D eigenvalue weighted by Gasteiger charge is -2.37. The minimum absolute atomic E-state index is 0.0409. The summed E-state index contributed by atoms with van der Waals surface area (Å²) in [5, 5.41) is 3.01. The Hall–Kier alpha value is -3.32. The van der Waals surface area contributed by atoms with E-state index >= 15 is 0 Å². The molecule has 0 radical (unpaired) electrons. The third-order valence-electron chi connectivity index (χ3n) is 7.08. The van der Waals surface area contributed by atoms with Gasteiger partial charge in [0.25, 0.3) is 5.91 Å². The molecule has 3 aliphatic heterocycles. The fourth-order valence-electron chi connectivity index (χ4n) is 5.16. The van der Waals surface area contributed by atoms with Crippen LogP contribution in [0.25, 0.3) is 0 Å². The van der Waals surface area contributed by atoms with Crippen molar-refractivity contribution in [1.29, 1.82) is 0 Å². The Labute approximate surface area is 194 Å². The summed E-state index contributed by atoms with van der Waals surface area (Å²) in [4.78, 5) is 32.3. The molecule has 1 unspecified atom stereocenters. The molecule has 0 saturated carbocycles. The predicted octanol–water partition coefficient (Wildman–Crippen LogP) is 3.15. The van der Waals surface area contributed by atoms with Gasteiger partial charge in [0, 0.05) is 32.7 Å². The number of carbonyl (C=O) groups excluding carboxylic acids is 2. The van der Waals surface area contributed by atoms with Crippen LogP contribution in [0.5, 0.6) is 5.75 Å². The van der Waals surface area contributed by atoms with Crippen LogP contribution in [0, 0.1) is 0 Å². The van der Waals surface area contributed by atoms with E-state index in [0.717, 1.165) is 49.5 Å². The molecule has 5 rings (SSSR count). The molecule has 1 saturated heterocycles. The van der Waals surface area contributed by atoms with Crippen LogP contribution in [-0.2, 0) is 11.3 Å². The van der Waals surface area contributed by atoms with Gasteiger partial charge in [0.2, 0.25) is 0 Å². The monoisotopic (exact) mass is 446 g/mol. The molecule has 0 aliphatic carbocycles. The van der Waals surface area contributed by atoms with Gasteiger partial charge in [-0.2, -0.15) is 0 Å². The second kappa shape index (κ2) is 8.90. The number of amides is 3. The van der Waals surface area contributed by atoms with Crippen molar-refractivity contribution in [3.8, 4) is 5.75 Å². The van der Waals surface area contributed by atoms with Crippen molar-refractivity contribution < 1.29 is 14.3 Å². The van der Waals surface area contributed by atoms with E-state index in [0.29, 0.717) is 12.1 Å². The van der Waals surface area contributed by atoms with Gasteiger partial charge in [-0.3, -0.25) is 14.6 Å². The van der Waals surface area contributed by atoms with E-state index in [4.69, 9.17) is 4.74 Å². The first kappa shape index (κ1) is 21.5. The highest BCUT2D eigenvalue weighted by Crippen LogP contribution is 2.38. The van der Waals surface area contributed by atoms with Crippen LogP contribution < -0.4 is 10.1 Å². The zero-order chi connectivity index (χ0) is 22.9. The maximum atomic E-state index is 13.6. The molecule has 1 N–H and O–H groups in total. The fraction of sp³-hybridized carbons (Fsp3) is 0.385. The molecule has 3 amide bonds. The normalized spacial score (nSPS) is 21.9. The van der Waals surface area contributed by atoms with Gasteiger partial charge in [-0.1, -0.05) is 42.5 Å². The molecule has 2 aromatic carbocycles. The second-order valence-electron chi connectivity index (χ2n) is 9.00. The van der Waals surface area contributed by atoms with Gasteiger partial charge in [-0.25, -0.2) is 4.79 Å². The van der Waals surface area contributed by atoms with Gasteiger partial charge in [0.1, 0.15) is 5.75 Å². The molecular formula is C26H30N4O3. The summed E-state index contributed by atoms with van der Waals surface area (Å²) in [6, 6.07) is 17.6. The first-order chi connectivity index (χ1) is 16.0. The standard InChI is InChI=1S/C26H30N4O3/c1-28-22-17-30(20-12-14-29(15-13-20)16-18-6-4-3-5-7-18)25(31)23(22)24(27-26(28)32)19-8-10-21(33-2)11-9-19/h3-11,20,24H,12-17H2,1-2H3,(H,27,32). The lowest BCUT2D eigenvalue weighted by Crippen LogP contribution is -2.46. The van der Waals surface area contributed by atoms with Crippen molar-refractivity contribution in [1.82, 2.24) is 20.0 Å². The Morgan fingerprint density at radius 2 is 1.70 bits per heavy atom. The summed E-state index contributed by atoms with van der Waals surface area (Å²) in [5.41, 5.74) is 3.71. The van der Waals surface area contributed by atoms with E-state index in [-0.39, 0.29) is 18.0 Å². The zero-order valence-corrected chi connectivity index (χ0v) is 19.2. The van der Waals surface area contributed by atoms with E-state index in [9.17, 15) is 9.59 Å². The summed E-state index contributed by atoms with van der Waals surface area (Å²) in [5.74, 6) is 0.785. The van der Waals surface area contributed by atoms with Crippen molar-refractivity contribution in [2.75, 3.05) is 33.8 Å². The Kier molecular flexibility index (Phi) is 5.81. The van der Waals surface area contributed by atoms with Crippen molar-refractivity contribution in [2.24, 2.45) is 0 Å². The lowest BCUT2D eigenvalue weighted by atomic mass is 9.95. The van der Waals surface area contributed by atoms with Crippen LogP contribution in [0.1, 0.15) is 30.0 Å². The lowest BCUT2D eigenvalue weighted by molar-refractivity contribution is -0.128. The highest BCUT2D eigenvalue weighted by atomic mass is 16.5. The number of nitrogens with zero attached hydrogens (tertiary/aromatic N) is 3. The van der Waals surface area contributed by atoms with E-state index in [1.807, 2.05) is 35.2 Å². The number of ether oxygens (including phenoxy) is 1. The van der Waals surface area contributed by atoms with Gasteiger partial charge >= 0.3 is 6.03 Å². The molecule has 1 atom stereocenters. The molecular weight excluding hydrogens is 416 g/mol. The molecule has 0 spiro atoms. The van der Waals surface area contributed by atoms with Crippen LogP contribution >= 0.6 is 0 Å². The third kappa shape index (κ3) is 4.09. The molecule has 33 heavy (non-hydrogen) atoms. The topological polar surface area (TPSA) is 65.1 Å². The summed E-state index contributed by atoms with van der Waals surface area (Å²) < 4.78 is 5.26. The van der Waals surface area contributed by atoms with Gasteiger partial charge in [0.05, 0.1) is 31.0 Å². The van der Waals surface area contributed by atoms with E-state index in [1.54, 1.807) is 19.1 Å². The zero-order valence-electron chi connectivity index (χ0n) is 19.2. The Morgan fingerprint density at radius 3 is 2.36 bits per heavy atom. The average Bonchev–Trinajstić information content (AvgIpc) is 3.20. The molecule has 3 aliphatic rings. The van der Waals surface area contributed by atoms with Crippen LogP contribution in [0.4, 0.5) is 4.79 Å². The summed E-state index contributed by atoms with van der Waals surface area (Å²) >= 11 is 0. The quantitative estimate of drug-likeness (QED) is 0.766. The number of likely N-dealkylation sites (N-methyl/N-ethyl adjacent to an activating group) is 1. The molecule has 7 heteroatoms. The number of methoxy groups -OCH3 is 1. The molecule has 1 fully saturated rings. The maximum absolute atomic E-state index is 13.6. The van der Waals surface area contributed by atoms with Gasteiger partial charge in [-0.15, -0.1) is 0 Å². The highest BCUT2D eigenvalue weighted by molar-refractivity contribution is 6.01. The Balaban J connectivity index is 1.30. The number of nitrogens with one attached hydrogen (secondary N) is 1. The first-order valence-corrected chi connectivity index (χ1v) is 11.5. The number of urea groups is 1. The van der Waals surface area contributed by atoms with E-state index in [2.05, 4.69) is 34.5 Å². The maximum Gasteiger partial charge on any atom is 0.322 e. The van der Waals surface area contributed by atoms with Crippen molar-refractivity contribution in [2.45, 2.75) is 31.5 Å². The minimum Gasteiger partial charge on any atom is -0.497 e. The van der Waals surface area contributed by atoms with Crippen LogP contribution in [-0.4, -0.2) is 66.5 Å². The molecule has 3 heterocycles. The largest absolute Gasteiger partial charge is 0.497 e. The average molecular weight is 447 g/mol. The van der Waals surface area contributed by atoms with Gasteiger partial charge in [0.15, 0.2) is 0 Å². The van der Waals surface area contributed by atoms with E-state index < -0.39 is 6.04 Å². The van der Waals surface area contributed by atoms with Crippen molar-refractivity contribution in [3.05, 3.63) is 77.0 Å². The first-order valence-electron chi connectivity index (χ1n) is 11.5. The Morgan fingerprint density at radius 1 is 1.00 bits per heavy atom. The molecule has 172 valence electrons. The summed E-state index contributed by atoms with van der Waals surface area (Å²) in [6.45, 7) is 3.36. The van der Waals surface area contributed by atoms with Gasteiger partial charge in [-0.05, 0) is 36.1 Å². The second-order valence-corrected chi connectivity index (χ2v) is 9.00. The highest BCUT2D eigenvalue weighted by Gasteiger charge is 2.45. The molecule has 0 bridgehead atoms. The van der Waals surface area contributed by atoms with Crippen LogP contribution in [0.15, 0.2) is 65.9 Å². The number of hydrogen-bond acceptors (Lipinski definition) is 4. The van der Waals surface area contributed by atoms with Crippen molar-refractivity contribution >= 4 is 11.9 Å². The van der Waals surface area contributed by atoms with Crippen LogP contribution in [0.3, 0.4) is 0 Å². The number of piperidine rings is 1. The SMILES string of the molecule is COc1ccc(C2NC(=O)N(C)C3=C2C(=O)N(C2CCN(Cc4ccccc4)CC2)C3)cc1. The smallest absolute Gasteiger partial charge is 0.322 e. The van der Waals surface area contributed by atoms with Crippen molar-refractivity contribution in [3.63, 3.8) is 0 Å². The minimum atomic E-state index is -0.440. The van der Waals surface area contributed by atoms with Crippen LogP contribution in [0.2, 0.25) is 0 Å². The Bertz CT molecular complexity index is 1060. The third-order valence-corrected chi connectivity index (χ3v) is 7.08. The summed E-state index contributed by atoms with van der Waals surface area (Å²) in [6.07, 6.45) is 1.88. The number of hydrogen-bond donors (Lipinski definition) is 1. The number of likely N-dealkylation sites (tertiary alicyclic amines) is 1. The number of carbonyl (C=O) groups is 2. The van der Waals surface area contributed by atoms with Gasteiger partial charge < -0.3 is 15.0 Å². The number of benzene rings is 2. The summed E-state index contributed by atoms with van der Waals surface area (Å²) in [7, 11) is 3.37. The fourth-order valence-corrected chi connectivity index (χ4v) is 5.16.